The number of rotatable bonds is 17. The minimum atomic E-state index is 0.501. The molecule has 0 fully saturated rings. The van der Waals surface area contributed by atoms with E-state index in [-0.39, 0.29) is 0 Å². The Morgan fingerprint density at radius 3 is 1.14 bits per heavy atom. The SMILES string of the molecule is CCCCCCCCCCCCCC(CC)[N+](c1ccccc1)(c1ccccc1)c1ccccc1. The van der Waals surface area contributed by atoms with Gasteiger partial charge in [-0.2, -0.15) is 0 Å². The zero-order valence-corrected chi connectivity index (χ0v) is 22.4. The third-order valence-corrected chi connectivity index (χ3v) is 7.65. The van der Waals surface area contributed by atoms with E-state index in [1.54, 1.807) is 0 Å². The van der Waals surface area contributed by atoms with Crippen LogP contribution in [-0.2, 0) is 0 Å². The zero-order valence-electron chi connectivity index (χ0n) is 22.4. The highest BCUT2D eigenvalue weighted by molar-refractivity contribution is 5.71. The van der Waals surface area contributed by atoms with Crippen molar-refractivity contribution in [2.24, 2.45) is 0 Å². The van der Waals surface area contributed by atoms with Gasteiger partial charge in [0.1, 0.15) is 23.1 Å². The van der Waals surface area contributed by atoms with Crippen LogP contribution in [0.2, 0.25) is 0 Å². The molecule has 0 aromatic heterocycles. The first-order valence-electron chi connectivity index (χ1n) is 14.4. The molecule has 35 heavy (non-hydrogen) atoms. The Morgan fingerprint density at radius 1 is 0.457 bits per heavy atom. The van der Waals surface area contributed by atoms with Crippen molar-refractivity contribution in [1.82, 2.24) is 4.48 Å². The molecule has 1 unspecified atom stereocenters. The van der Waals surface area contributed by atoms with Crippen molar-refractivity contribution in [3.63, 3.8) is 0 Å². The Bertz CT molecular complexity index is 806. The normalized spacial score (nSPS) is 12.5. The summed E-state index contributed by atoms with van der Waals surface area (Å²) in [5, 5.41) is 0. The summed E-state index contributed by atoms with van der Waals surface area (Å²) in [7, 11) is 0. The van der Waals surface area contributed by atoms with E-state index >= 15 is 0 Å². The smallest absolute Gasteiger partial charge is 0.143 e. The van der Waals surface area contributed by atoms with Crippen molar-refractivity contribution in [3.8, 4) is 0 Å². The maximum atomic E-state index is 2.38. The molecule has 0 saturated heterocycles. The van der Waals surface area contributed by atoms with Crippen LogP contribution in [0.5, 0.6) is 0 Å². The van der Waals surface area contributed by atoms with Gasteiger partial charge in [-0.05, 0) is 49.2 Å². The zero-order chi connectivity index (χ0) is 24.6. The molecule has 0 aliphatic heterocycles. The lowest BCUT2D eigenvalue weighted by Gasteiger charge is -2.43. The Kier molecular flexibility index (Phi) is 12.1. The van der Waals surface area contributed by atoms with Gasteiger partial charge >= 0.3 is 0 Å². The molecule has 0 heterocycles. The fourth-order valence-electron chi connectivity index (χ4n) is 5.78. The van der Waals surface area contributed by atoms with Crippen LogP contribution in [0.15, 0.2) is 91.0 Å². The molecule has 3 aromatic rings. The van der Waals surface area contributed by atoms with Crippen LogP contribution in [-0.4, -0.2) is 6.04 Å². The molecular weight excluding hydrogens is 422 g/mol. The molecule has 0 bridgehead atoms. The Morgan fingerprint density at radius 2 is 0.800 bits per heavy atom. The third-order valence-electron chi connectivity index (χ3n) is 7.65. The summed E-state index contributed by atoms with van der Waals surface area (Å²) in [5.74, 6) is 0. The first-order chi connectivity index (χ1) is 17.3. The Hall–Kier alpha value is -2.38. The molecule has 0 aliphatic rings. The molecule has 188 valence electrons. The number of nitrogens with zero attached hydrogens (tertiary/aromatic N) is 1. The summed E-state index contributed by atoms with van der Waals surface area (Å²) >= 11 is 0. The van der Waals surface area contributed by atoms with E-state index in [4.69, 9.17) is 0 Å². The second-order valence-corrected chi connectivity index (χ2v) is 10.1. The lowest BCUT2D eigenvalue weighted by atomic mass is 9.96. The molecule has 0 amide bonds. The predicted molar refractivity (Wildman–Crippen MR) is 156 cm³/mol. The summed E-state index contributed by atoms with van der Waals surface area (Å²) in [6, 6.07) is 34.0. The van der Waals surface area contributed by atoms with Gasteiger partial charge in [-0.3, -0.25) is 0 Å². The highest BCUT2D eigenvalue weighted by Gasteiger charge is 2.42. The number of quaternary nitrogens is 1. The molecule has 3 rings (SSSR count). The second-order valence-electron chi connectivity index (χ2n) is 10.1. The van der Waals surface area contributed by atoms with Gasteiger partial charge in [0.2, 0.25) is 0 Å². The van der Waals surface area contributed by atoms with Crippen LogP contribution in [0.4, 0.5) is 17.1 Å². The van der Waals surface area contributed by atoms with Crippen LogP contribution in [0, 0.1) is 0 Å². The fraction of sp³-hybridized carbons (Fsp3) is 0.471. The lowest BCUT2D eigenvalue weighted by molar-refractivity contribution is 0.337. The van der Waals surface area contributed by atoms with E-state index in [9.17, 15) is 0 Å². The van der Waals surface area contributed by atoms with Gasteiger partial charge in [0.05, 0.1) is 0 Å². The number of para-hydroxylation sites is 3. The van der Waals surface area contributed by atoms with Crippen LogP contribution < -0.4 is 4.48 Å². The van der Waals surface area contributed by atoms with Gasteiger partial charge in [-0.15, -0.1) is 0 Å². The van der Waals surface area contributed by atoms with Gasteiger partial charge < -0.3 is 0 Å². The minimum Gasteiger partial charge on any atom is -0.224 e. The first-order valence-corrected chi connectivity index (χ1v) is 14.4. The summed E-state index contributed by atoms with van der Waals surface area (Å²) in [6.45, 7) is 4.68. The standard InChI is InChI=1S/C34H48N/c1-3-5-6-7-8-9-10-11-12-13-17-24-31(4-2)35(32-25-18-14-19-26-32,33-27-20-15-21-28-33)34-29-22-16-23-30-34/h14-16,18-23,25-31H,3-13,17,24H2,1-2H3/q+1. The molecule has 0 radical (unpaired) electrons. The Labute approximate surface area is 215 Å². The summed E-state index contributed by atoms with van der Waals surface area (Å²) in [4.78, 5) is 0. The number of benzene rings is 3. The van der Waals surface area contributed by atoms with E-state index in [1.807, 2.05) is 0 Å². The third kappa shape index (κ3) is 7.55. The van der Waals surface area contributed by atoms with Crippen LogP contribution in [0.1, 0.15) is 97.3 Å². The molecule has 1 atom stereocenters. The van der Waals surface area contributed by atoms with Crippen LogP contribution >= 0.6 is 0 Å². The predicted octanol–water partition coefficient (Wildman–Crippen LogP) is 11.1. The lowest BCUT2D eigenvalue weighted by Crippen LogP contribution is -2.48. The summed E-state index contributed by atoms with van der Waals surface area (Å²) < 4.78 is 0.802. The van der Waals surface area contributed by atoms with E-state index < -0.39 is 0 Å². The van der Waals surface area contributed by atoms with E-state index in [1.165, 1.54) is 94.1 Å². The van der Waals surface area contributed by atoms with Gasteiger partial charge in [-0.1, -0.05) is 133 Å². The molecule has 0 spiro atoms. The van der Waals surface area contributed by atoms with Gasteiger partial charge in [0.25, 0.3) is 0 Å². The van der Waals surface area contributed by atoms with Crippen LogP contribution in [0.3, 0.4) is 0 Å². The average molecular weight is 471 g/mol. The molecule has 0 aliphatic carbocycles. The highest BCUT2D eigenvalue weighted by atomic mass is 15.4. The van der Waals surface area contributed by atoms with Crippen molar-refractivity contribution in [3.05, 3.63) is 91.0 Å². The van der Waals surface area contributed by atoms with Gasteiger partial charge in [-0.25, -0.2) is 4.48 Å². The van der Waals surface area contributed by atoms with E-state index in [0.717, 1.165) is 10.9 Å². The quantitative estimate of drug-likeness (QED) is 0.136. The van der Waals surface area contributed by atoms with Crippen molar-refractivity contribution in [2.75, 3.05) is 0 Å². The van der Waals surface area contributed by atoms with Crippen molar-refractivity contribution in [1.29, 1.82) is 0 Å². The molecule has 1 nitrogen and oxygen atoms in total. The van der Waals surface area contributed by atoms with E-state index in [0.29, 0.717) is 6.04 Å². The summed E-state index contributed by atoms with van der Waals surface area (Å²) in [5.41, 5.74) is 4.08. The number of hydrogen-bond donors (Lipinski definition) is 0. The summed E-state index contributed by atoms with van der Waals surface area (Å²) in [6.07, 6.45) is 17.7. The second kappa shape index (κ2) is 15.6. The topological polar surface area (TPSA) is 0 Å². The maximum Gasteiger partial charge on any atom is 0.143 e. The van der Waals surface area contributed by atoms with Gasteiger partial charge in [0.15, 0.2) is 0 Å². The largest absolute Gasteiger partial charge is 0.224 e. The highest BCUT2D eigenvalue weighted by Crippen LogP contribution is 2.47. The minimum absolute atomic E-state index is 0.501. The molecule has 3 aromatic carbocycles. The van der Waals surface area contributed by atoms with Crippen LogP contribution in [0.25, 0.3) is 0 Å². The maximum absolute atomic E-state index is 2.38. The average Bonchev–Trinajstić information content (AvgIpc) is 2.93. The monoisotopic (exact) mass is 470 g/mol. The number of hydrogen-bond acceptors (Lipinski definition) is 0. The Balaban J connectivity index is 1.70. The van der Waals surface area contributed by atoms with Crippen molar-refractivity contribution in [2.45, 2.75) is 103 Å². The van der Waals surface area contributed by atoms with Crippen molar-refractivity contribution < 1.29 is 0 Å². The molecular formula is C34H48N+. The number of unbranched alkanes of at least 4 members (excludes halogenated alkanes) is 10. The fourth-order valence-corrected chi connectivity index (χ4v) is 5.78. The van der Waals surface area contributed by atoms with Gasteiger partial charge in [0, 0.05) is 6.42 Å². The first kappa shape index (κ1) is 27.2. The molecule has 1 heteroatoms. The van der Waals surface area contributed by atoms with Crippen molar-refractivity contribution >= 4 is 17.1 Å². The molecule has 0 N–H and O–H groups in total. The molecule has 0 saturated carbocycles. The van der Waals surface area contributed by atoms with E-state index in [2.05, 4.69) is 105 Å².